The summed E-state index contributed by atoms with van der Waals surface area (Å²) in [5.41, 5.74) is 6.30. The van der Waals surface area contributed by atoms with Crippen LogP contribution in [0.25, 0.3) is 0 Å². The number of carbonyl (C=O) groups is 2. The Morgan fingerprint density at radius 1 is 1.06 bits per heavy atom. The average molecular weight is 545 g/mol. The number of hydrazone groups is 1. The lowest BCUT2D eigenvalue weighted by molar-refractivity contribution is -0.136. The van der Waals surface area contributed by atoms with Crippen LogP contribution in [-0.4, -0.2) is 25.1 Å². The zero-order valence-corrected chi connectivity index (χ0v) is 21.2. The van der Waals surface area contributed by atoms with Gasteiger partial charge >= 0.3 is 11.8 Å². The van der Waals surface area contributed by atoms with Gasteiger partial charge in [0.15, 0.2) is 11.5 Å². The molecule has 3 rings (SSSR count). The number of amides is 2. The van der Waals surface area contributed by atoms with Crippen molar-refractivity contribution >= 4 is 51.2 Å². The topological polar surface area (TPSA) is 89.0 Å². The first kappa shape index (κ1) is 25.3. The van der Waals surface area contributed by atoms with Crippen LogP contribution >= 0.6 is 27.5 Å². The van der Waals surface area contributed by atoms with Crippen molar-refractivity contribution in [2.24, 2.45) is 5.10 Å². The molecule has 0 aliphatic heterocycles. The summed E-state index contributed by atoms with van der Waals surface area (Å²) in [6.45, 7) is 4.24. The third-order valence-corrected chi connectivity index (χ3v) is 5.77. The van der Waals surface area contributed by atoms with E-state index in [1.807, 2.05) is 38.1 Å². The highest BCUT2D eigenvalue weighted by molar-refractivity contribution is 9.10. The van der Waals surface area contributed by atoms with Crippen molar-refractivity contribution < 1.29 is 19.1 Å². The number of rotatable bonds is 7. The summed E-state index contributed by atoms with van der Waals surface area (Å²) in [4.78, 5) is 24.1. The van der Waals surface area contributed by atoms with Gasteiger partial charge in [0, 0.05) is 10.7 Å². The molecule has 0 saturated heterocycles. The number of halogens is 2. The second-order valence-corrected chi connectivity index (χ2v) is 8.69. The lowest BCUT2D eigenvalue weighted by Gasteiger charge is -2.13. The Hall–Kier alpha value is -3.36. The van der Waals surface area contributed by atoms with Gasteiger partial charge in [0.2, 0.25) is 0 Å². The smallest absolute Gasteiger partial charge is 0.329 e. The maximum atomic E-state index is 12.1. The van der Waals surface area contributed by atoms with Crippen molar-refractivity contribution in [1.82, 2.24) is 5.43 Å². The van der Waals surface area contributed by atoms with Gasteiger partial charge in [0.1, 0.15) is 6.61 Å². The first-order chi connectivity index (χ1) is 16.3. The van der Waals surface area contributed by atoms with Gasteiger partial charge in [-0.15, -0.1) is 0 Å². The second kappa shape index (κ2) is 11.7. The van der Waals surface area contributed by atoms with E-state index < -0.39 is 11.8 Å². The number of anilines is 1. The van der Waals surface area contributed by atoms with Crippen molar-refractivity contribution in [2.75, 3.05) is 12.4 Å². The summed E-state index contributed by atoms with van der Waals surface area (Å²) in [7, 11) is 1.53. The summed E-state index contributed by atoms with van der Waals surface area (Å²) in [5.74, 6) is -0.753. The van der Waals surface area contributed by atoms with Gasteiger partial charge in [-0.25, -0.2) is 5.43 Å². The number of ether oxygens (including phenoxy) is 2. The summed E-state index contributed by atoms with van der Waals surface area (Å²) in [6, 6.07) is 16.5. The Bertz CT molecular complexity index is 1230. The SMILES string of the molecule is COc1cc(/C=N/NC(=O)C(=O)Nc2ccc(C)c(Cl)c2)cc(Br)c1OCc1ccc(C)cc1. The fourth-order valence-corrected chi connectivity index (χ4v) is 3.62. The quantitative estimate of drug-likeness (QED) is 0.237. The van der Waals surface area contributed by atoms with E-state index in [2.05, 4.69) is 31.8 Å². The minimum absolute atomic E-state index is 0.375. The van der Waals surface area contributed by atoms with Crippen LogP contribution in [0.3, 0.4) is 0 Å². The molecule has 0 fully saturated rings. The molecular weight excluding hydrogens is 522 g/mol. The fourth-order valence-electron chi connectivity index (χ4n) is 2.87. The lowest BCUT2D eigenvalue weighted by Crippen LogP contribution is -2.32. The Balaban J connectivity index is 1.61. The Labute approximate surface area is 211 Å². The van der Waals surface area contributed by atoms with E-state index in [4.69, 9.17) is 21.1 Å². The molecule has 0 bridgehead atoms. The van der Waals surface area contributed by atoms with E-state index in [-0.39, 0.29) is 0 Å². The highest BCUT2D eigenvalue weighted by Crippen LogP contribution is 2.36. The van der Waals surface area contributed by atoms with Crippen molar-refractivity contribution in [1.29, 1.82) is 0 Å². The van der Waals surface area contributed by atoms with Gasteiger partial charge in [0.05, 0.1) is 17.8 Å². The van der Waals surface area contributed by atoms with Crippen molar-refractivity contribution in [3.05, 3.63) is 86.3 Å². The van der Waals surface area contributed by atoms with Crippen LogP contribution in [0.4, 0.5) is 5.69 Å². The number of nitrogens with one attached hydrogen (secondary N) is 2. The number of carbonyl (C=O) groups excluding carboxylic acids is 2. The molecule has 0 saturated carbocycles. The van der Waals surface area contributed by atoms with Gasteiger partial charge in [-0.1, -0.05) is 47.5 Å². The molecule has 0 radical (unpaired) electrons. The van der Waals surface area contributed by atoms with E-state index >= 15 is 0 Å². The van der Waals surface area contributed by atoms with Gasteiger partial charge in [0.25, 0.3) is 0 Å². The Morgan fingerprint density at radius 3 is 2.47 bits per heavy atom. The highest BCUT2D eigenvalue weighted by Gasteiger charge is 2.14. The molecule has 34 heavy (non-hydrogen) atoms. The second-order valence-electron chi connectivity index (χ2n) is 7.43. The monoisotopic (exact) mass is 543 g/mol. The molecular formula is C25H23BrClN3O4. The average Bonchev–Trinajstić information content (AvgIpc) is 2.81. The number of nitrogens with zero attached hydrogens (tertiary/aromatic N) is 1. The van der Waals surface area contributed by atoms with E-state index in [0.29, 0.717) is 38.9 Å². The standard InChI is InChI=1S/C25H23BrClN3O4/c1-15-4-7-17(8-5-15)14-34-23-20(26)10-18(11-22(23)33-3)13-28-30-25(32)24(31)29-19-9-6-16(2)21(27)12-19/h4-13H,14H2,1-3H3,(H,29,31)(H,30,32)/b28-13+. The van der Waals surface area contributed by atoms with Gasteiger partial charge in [-0.05, 0) is 70.7 Å². The van der Waals surface area contributed by atoms with Crippen LogP contribution in [0.1, 0.15) is 22.3 Å². The molecule has 3 aromatic rings. The number of hydrogen-bond donors (Lipinski definition) is 2. The zero-order valence-electron chi connectivity index (χ0n) is 18.8. The van der Waals surface area contributed by atoms with Crippen molar-refractivity contribution in [3.8, 4) is 11.5 Å². The first-order valence-corrected chi connectivity index (χ1v) is 11.4. The number of methoxy groups -OCH3 is 1. The third-order valence-electron chi connectivity index (χ3n) is 4.77. The third kappa shape index (κ3) is 6.82. The molecule has 0 spiro atoms. The molecule has 9 heteroatoms. The minimum Gasteiger partial charge on any atom is -0.493 e. The van der Waals surface area contributed by atoms with Crippen LogP contribution < -0.4 is 20.2 Å². The molecule has 0 aliphatic carbocycles. The maximum absolute atomic E-state index is 12.1. The van der Waals surface area contributed by atoms with Crippen LogP contribution in [0.5, 0.6) is 11.5 Å². The molecule has 0 heterocycles. The van der Waals surface area contributed by atoms with Gasteiger partial charge < -0.3 is 14.8 Å². The first-order valence-electron chi connectivity index (χ1n) is 10.2. The number of hydrogen-bond acceptors (Lipinski definition) is 5. The predicted molar refractivity (Wildman–Crippen MR) is 137 cm³/mol. The highest BCUT2D eigenvalue weighted by atomic mass is 79.9. The molecule has 2 amide bonds. The molecule has 0 aromatic heterocycles. The molecule has 3 aromatic carbocycles. The largest absolute Gasteiger partial charge is 0.493 e. The zero-order chi connectivity index (χ0) is 24.7. The predicted octanol–water partition coefficient (Wildman–Crippen LogP) is 5.40. The van der Waals surface area contributed by atoms with Crippen LogP contribution in [0, 0.1) is 13.8 Å². The molecule has 7 nitrogen and oxygen atoms in total. The van der Waals surface area contributed by atoms with Crippen LogP contribution in [-0.2, 0) is 16.2 Å². The summed E-state index contributed by atoms with van der Waals surface area (Å²) in [6.07, 6.45) is 1.39. The lowest BCUT2D eigenvalue weighted by atomic mass is 10.2. The maximum Gasteiger partial charge on any atom is 0.329 e. The van der Waals surface area contributed by atoms with Crippen LogP contribution in [0.2, 0.25) is 5.02 Å². The molecule has 0 aliphatic rings. The van der Waals surface area contributed by atoms with Gasteiger partial charge in [-0.3, -0.25) is 9.59 Å². The Kier molecular flexibility index (Phi) is 8.67. The minimum atomic E-state index is -0.919. The normalized spacial score (nSPS) is 10.7. The van der Waals surface area contributed by atoms with Crippen molar-refractivity contribution in [3.63, 3.8) is 0 Å². The Morgan fingerprint density at radius 2 is 1.79 bits per heavy atom. The molecule has 2 N–H and O–H groups in total. The van der Waals surface area contributed by atoms with E-state index in [0.717, 1.165) is 11.1 Å². The summed E-state index contributed by atoms with van der Waals surface area (Å²) in [5, 5.41) is 6.81. The van der Waals surface area contributed by atoms with E-state index in [1.54, 1.807) is 30.3 Å². The van der Waals surface area contributed by atoms with E-state index in [1.165, 1.54) is 18.9 Å². The molecule has 0 atom stereocenters. The van der Waals surface area contributed by atoms with Crippen LogP contribution in [0.15, 0.2) is 64.2 Å². The van der Waals surface area contributed by atoms with Gasteiger partial charge in [-0.2, -0.15) is 5.10 Å². The molecule has 0 unspecified atom stereocenters. The number of benzene rings is 3. The number of aryl methyl sites for hydroxylation is 2. The van der Waals surface area contributed by atoms with E-state index in [9.17, 15) is 9.59 Å². The van der Waals surface area contributed by atoms with Crippen molar-refractivity contribution in [2.45, 2.75) is 20.5 Å². The fraction of sp³-hybridized carbons (Fsp3) is 0.160. The molecule has 176 valence electrons. The summed E-state index contributed by atoms with van der Waals surface area (Å²) >= 11 is 9.52. The summed E-state index contributed by atoms with van der Waals surface area (Å²) < 4.78 is 12.0.